The van der Waals surface area contributed by atoms with E-state index < -0.39 is 0 Å². The van der Waals surface area contributed by atoms with Gasteiger partial charge in [0.2, 0.25) is 0 Å². The minimum atomic E-state index is 0.571. The summed E-state index contributed by atoms with van der Waals surface area (Å²) in [5.41, 5.74) is 6.70. The molecule has 0 saturated heterocycles. The standard InChI is InChI=1S/C12H19ClN2/c13-12-8-7-11(10-15-12)6-4-2-1-3-5-9-14/h7-8,10H,1-6,9,14H2. The summed E-state index contributed by atoms with van der Waals surface area (Å²) in [6, 6.07) is 3.90. The van der Waals surface area contributed by atoms with Crippen LogP contribution in [0.2, 0.25) is 5.15 Å². The van der Waals surface area contributed by atoms with Crippen LogP contribution in [0.5, 0.6) is 0 Å². The predicted molar refractivity (Wildman–Crippen MR) is 65.1 cm³/mol. The Balaban J connectivity index is 2.07. The average Bonchev–Trinajstić information content (AvgIpc) is 2.26. The molecule has 0 fully saturated rings. The van der Waals surface area contributed by atoms with Gasteiger partial charge in [-0.3, -0.25) is 0 Å². The van der Waals surface area contributed by atoms with Gasteiger partial charge in [-0.15, -0.1) is 0 Å². The smallest absolute Gasteiger partial charge is 0.129 e. The molecule has 2 N–H and O–H groups in total. The molecule has 0 bridgehead atoms. The van der Waals surface area contributed by atoms with Crippen molar-refractivity contribution in [3.8, 4) is 0 Å². The zero-order valence-corrected chi connectivity index (χ0v) is 9.84. The minimum Gasteiger partial charge on any atom is -0.330 e. The Morgan fingerprint density at radius 2 is 1.80 bits per heavy atom. The lowest BCUT2D eigenvalue weighted by Crippen LogP contribution is -1.97. The SMILES string of the molecule is NCCCCCCCc1ccc(Cl)nc1. The summed E-state index contributed by atoms with van der Waals surface area (Å²) < 4.78 is 0. The number of aromatic nitrogens is 1. The second-order valence-electron chi connectivity index (χ2n) is 3.80. The molecule has 0 saturated carbocycles. The molecule has 0 aliphatic rings. The number of hydrogen-bond acceptors (Lipinski definition) is 2. The van der Waals surface area contributed by atoms with E-state index in [1.165, 1.54) is 31.2 Å². The van der Waals surface area contributed by atoms with Crippen molar-refractivity contribution in [2.24, 2.45) is 5.73 Å². The highest BCUT2D eigenvalue weighted by Crippen LogP contribution is 2.10. The summed E-state index contributed by atoms with van der Waals surface area (Å²) >= 11 is 5.71. The zero-order valence-electron chi connectivity index (χ0n) is 9.08. The maximum atomic E-state index is 5.71. The lowest BCUT2D eigenvalue weighted by Gasteiger charge is -2.01. The van der Waals surface area contributed by atoms with Gasteiger partial charge in [0, 0.05) is 6.20 Å². The summed E-state index contributed by atoms with van der Waals surface area (Å²) in [7, 11) is 0. The Morgan fingerprint density at radius 1 is 1.07 bits per heavy atom. The van der Waals surface area contributed by atoms with Crippen LogP contribution in [0.4, 0.5) is 0 Å². The lowest BCUT2D eigenvalue weighted by atomic mass is 10.1. The van der Waals surface area contributed by atoms with Crippen LogP contribution in [0, 0.1) is 0 Å². The molecular formula is C12H19ClN2. The van der Waals surface area contributed by atoms with Crippen molar-refractivity contribution in [1.82, 2.24) is 4.98 Å². The van der Waals surface area contributed by atoms with Crippen LogP contribution in [-0.4, -0.2) is 11.5 Å². The van der Waals surface area contributed by atoms with Crippen molar-refractivity contribution in [3.05, 3.63) is 29.0 Å². The van der Waals surface area contributed by atoms with E-state index in [4.69, 9.17) is 17.3 Å². The quantitative estimate of drug-likeness (QED) is 0.573. The van der Waals surface area contributed by atoms with Crippen LogP contribution in [0.25, 0.3) is 0 Å². The van der Waals surface area contributed by atoms with Gasteiger partial charge in [0.25, 0.3) is 0 Å². The van der Waals surface area contributed by atoms with E-state index >= 15 is 0 Å². The van der Waals surface area contributed by atoms with Crippen LogP contribution >= 0.6 is 11.6 Å². The maximum Gasteiger partial charge on any atom is 0.129 e. The van der Waals surface area contributed by atoms with E-state index in [0.29, 0.717) is 5.15 Å². The predicted octanol–water partition coefficient (Wildman–Crippen LogP) is 3.19. The van der Waals surface area contributed by atoms with Crippen molar-refractivity contribution in [2.45, 2.75) is 38.5 Å². The third-order valence-electron chi connectivity index (χ3n) is 2.46. The number of rotatable bonds is 7. The number of aryl methyl sites for hydroxylation is 1. The molecule has 2 nitrogen and oxygen atoms in total. The molecule has 0 aromatic carbocycles. The van der Waals surface area contributed by atoms with E-state index in [2.05, 4.69) is 11.1 Å². The maximum absolute atomic E-state index is 5.71. The number of nitrogens with two attached hydrogens (primary N) is 1. The highest BCUT2D eigenvalue weighted by Gasteiger charge is 1.95. The fourth-order valence-electron chi connectivity index (χ4n) is 1.56. The van der Waals surface area contributed by atoms with Crippen molar-refractivity contribution in [2.75, 3.05) is 6.54 Å². The average molecular weight is 227 g/mol. The van der Waals surface area contributed by atoms with Gasteiger partial charge >= 0.3 is 0 Å². The van der Waals surface area contributed by atoms with Crippen LogP contribution in [0.1, 0.15) is 37.7 Å². The summed E-state index contributed by atoms with van der Waals surface area (Å²) in [6.45, 7) is 0.821. The van der Waals surface area contributed by atoms with E-state index in [0.717, 1.165) is 19.4 Å². The Bertz CT molecular complexity index is 259. The molecule has 1 aromatic rings. The Kier molecular flexibility index (Phi) is 6.37. The Morgan fingerprint density at radius 3 is 2.47 bits per heavy atom. The third kappa shape index (κ3) is 5.75. The number of unbranched alkanes of at least 4 members (excludes halogenated alkanes) is 4. The van der Waals surface area contributed by atoms with Gasteiger partial charge in [0.15, 0.2) is 0 Å². The van der Waals surface area contributed by atoms with Crippen LogP contribution < -0.4 is 5.73 Å². The van der Waals surface area contributed by atoms with Crippen LogP contribution in [-0.2, 0) is 6.42 Å². The van der Waals surface area contributed by atoms with Gasteiger partial charge in [0.05, 0.1) is 0 Å². The van der Waals surface area contributed by atoms with Gasteiger partial charge < -0.3 is 5.73 Å². The van der Waals surface area contributed by atoms with E-state index in [9.17, 15) is 0 Å². The second kappa shape index (κ2) is 7.66. The van der Waals surface area contributed by atoms with E-state index in [1.807, 2.05) is 12.3 Å². The molecule has 0 aliphatic carbocycles. The lowest BCUT2D eigenvalue weighted by molar-refractivity contribution is 0.618. The van der Waals surface area contributed by atoms with Gasteiger partial charge in [-0.25, -0.2) is 4.98 Å². The fourth-order valence-corrected chi connectivity index (χ4v) is 1.67. The first-order chi connectivity index (χ1) is 7.33. The number of pyridine rings is 1. The zero-order chi connectivity index (χ0) is 10.9. The van der Waals surface area contributed by atoms with Crippen molar-refractivity contribution in [1.29, 1.82) is 0 Å². The van der Waals surface area contributed by atoms with Gasteiger partial charge in [-0.2, -0.15) is 0 Å². The summed E-state index contributed by atoms with van der Waals surface area (Å²) in [4.78, 5) is 4.06. The molecule has 1 rings (SSSR count). The molecule has 0 aliphatic heterocycles. The summed E-state index contributed by atoms with van der Waals surface area (Å²) in [5, 5.41) is 0.571. The van der Waals surface area contributed by atoms with Gasteiger partial charge in [0.1, 0.15) is 5.15 Å². The van der Waals surface area contributed by atoms with E-state index in [-0.39, 0.29) is 0 Å². The van der Waals surface area contributed by atoms with Crippen molar-refractivity contribution >= 4 is 11.6 Å². The summed E-state index contributed by atoms with van der Waals surface area (Å²) in [6.07, 6.45) is 9.18. The number of hydrogen-bond donors (Lipinski definition) is 1. The molecule has 0 radical (unpaired) electrons. The monoisotopic (exact) mass is 226 g/mol. The van der Waals surface area contributed by atoms with E-state index in [1.54, 1.807) is 0 Å². The van der Waals surface area contributed by atoms with Crippen molar-refractivity contribution < 1.29 is 0 Å². The van der Waals surface area contributed by atoms with Crippen molar-refractivity contribution in [3.63, 3.8) is 0 Å². The molecule has 0 amide bonds. The number of nitrogens with zero attached hydrogens (tertiary/aromatic N) is 1. The van der Waals surface area contributed by atoms with Crippen LogP contribution in [0.3, 0.4) is 0 Å². The second-order valence-corrected chi connectivity index (χ2v) is 4.18. The number of halogens is 1. The first kappa shape index (κ1) is 12.5. The largest absolute Gasteiger partial charge is 0.330 e. The molecule has 84 valence electrons. The Labute approximate surface area is 96.8 Å². The minimum absolute atomic E-state index is 0.571. The van der Waals surface area contributed by atoms with Gasteiger partial charge in [-0.05, 0) is 37.4 Å². The topological polar surface area (TPSA) is 38.9 Å². The molecule has 3 heteroatoms. The summed E-state index contributed by atoms with van der Waals surface area (Å²) in [5.74, 6) is 0. The first-order valence-corrected chi connectivity index (χ1v) is 6.01. The highest BCUT2D eigenvalue weighted by molar-refractivity contribution is 6.29. The third-order valence-corrected chi connectivity index (χ3v) is 2.68. The molecule has 1 heterocycles. The normalized spacial score (nSPS) is 10.5. The molecule has 0 unspecified atom stereocenters. The van der Waals surface area contributed by atoms with Crippen LogP contribution in [0.15, 0.2) is 18.3 Å². The first-order valence-electron chi connectivity index (χ1n) is 5.63. The fraction of sp³-hybridized carbons (Fsp3) is 0.583. The molecule has 1 aromatic heterocycles. The van der Waals surface area contributed by atoms with Gasteiger partial charge in [-0.1, -0.05) is 36.9 Å². The molecule has 0 spiro atoms. The molecular weight excluding hydrogens is 208 g/mol. The molecule has 15 heavy (non-hydrogen) atoms. The highest BCUT2D eigenvalue weighted by atomic mass is 35.5. The molecule has 0 atom stereocenters. The Hall–Kier alpha value is -0.600.